The zero-order valence-corrected chi connectivity index (χ0v) is 18.7. The maximum absolute atomic E-state index is 12.7. The van der Waals surface area contributed by atoms with Crippen LogP contribution in [0.3, 0.4) is 0 Å². The predicted molar refractivity (Wildman–Crippen MR) is 128 cm³/mol. The van der Waals surface area contributed by atoms with E-state index in [1.165, 1.54) is 60.0 Å². The fourth-order valence-electron chi connectivity index (χ4n) is 4.96. The molecule has 5 nitrogen and oxygen atoms in total. The van der Waals surface area contributed by atoms with Gasteiger partial charge in [0.1, 0.15) is 0 Å². The van der Waals surface area contributed by atoms with E-state index < -0.39 is 0 Å². The highest BCUT2D eigenvalue weighted by molar-refractivity contribution is 5.64. The minimum absolute atomic E-state index is 0.0732. The molecule has 1 aliphatic carbocycles. The minimum atomic E-state index is -0.121. The van der Waals surface area contributed by atoms with Crippen molar-refractivity contribution in [3.8, 4) is 17.0 Å². The molecule has 2 heterocycles. The maximum Gasteiger partial charge on any atom is 0.331 e. The van der Waals surface area contributed by atoms with Crippen molar-refractivity contribution < 1.29 is 5.11 Å². The molecule has 0 unspecified atom stereocenters. The molecule has 32 heavy (non-hydrogen) atoms. The minimum Gasteiger partial charge on any atom is -0.493 e. The van der Waals surface area contributed by atoms with Gasteiger partial charge in [0.2, 0.25) is 5.88 Å². The number of hydrogen-bond acceptors (Lipinski definition) is 3. The molecule has 2 fully saturated rings. The number of likely N-dealkylation sites (tertiary alicyclic amines) is 1. The molecule has 168 valence electrons. The predicted octanol–water partition coefficient (Wildman–Crippen LogP) is 4.86. The quantitative estimate of drug-likeness (QED) is 0.581. The van der Waals surface area contributed by atoms with Crippen LogP contribution in [-0.4, -0.2) is 32.2 Å². The molecule has 0 radical (unpaired) electrons. The van der Waals surface area contributed by atoms with Crippen molar-refractivity contribution in [2.75, 3.05) is 13.1 Å². The van der Waals surface area contributed by atoms with Gasteiger partial charge < -0.3 is 5.11 Å². The van der Waals surface area contributed by atoms with Crippen LogP contribution in [0.2, 0.25) is 0 Å². The number of nitrogens with zero attached hydrogens (tertiary/aromatic N) is 3. The van der Waals surface area contributed by atoms with Crippen LogP contribution >= 0.6 is 0 Å². The molecule has 1 saturated heterocycles. The number of aromatic nitrogens is 2. The van der Waals surface area contributed by atoms with Crippen molar-refractivity contribution in [2.45, 2.75) is 58.2 Å². The molecular formula is C27H33N3O2. The van der Waals surface area contributed by atoms with Crippen molar-refractivity contribution in [3.63, 3.8) is 0 Å². The molecule has 3 aromatic rings. The van der Waals surface area contributed by atoms with Crippen LogP contribution in [0.4, 0.5) is 0 Å². The van der Waals surface area contributed by atoms with E-state index in [9.17, 15) is 9.90 Å². The average molecular weight is 432 g/mol. The number of aromatic hydroxyl groups is 1. The van der Waals surface area contributed by atoms with E-state index in [1.54, 1.807) is 10.8 Å². The zero-order valence-electron chi connectivity index (χ0n) is 18.7. The van der Waals surface area contributed by atoms with Gasteiger partial charge >= 0.3 is 5.69 Å². The summed E-state index contributed by atoms with van der Waals surface area (Å²) in [4.78, 5) is 15.3. The molecule has 1 N–H and O–H groups in total. The molecule has 0 bridgehead atoms. The molecule has 0 spiro atoms. The average Bonchev–Trinajstić information content (AvgIpc) is 3.04. The van der Waals surface area contributed by atoms with Gasteiger partial charge in [-0.05, 0) is 73.0 Å². The lowest BCUT2D eigenvalue weighted by Crippen LogP contribution is -2.29. The highest BCUT2D eigenvalue weighted by Gasteiger charge is 2.21. The summed E-state index contributed by atoms with van der Waals surface area (Å²) in [6.45, 7) is 4.53. The van der Waals surface area contributed by atoms with Crippen LogP contribution in [0.1, 0.15) is 49.7 Å². The Labute approximate surface area is 189 Å². The van der Waals surface area contributed by atoms with Gasteiger partial charge in [-0.15, -0.1) is 0 Å². The Bertz CT molecular complexity index is 1100. The lowest BCUT2D eigenvalue weighted by molar-refractivity contribution is 0.221. The van der Waals surface area contributed by atoms with Gasteiger partial charge in [0.05, 0.1) is 12.7 Å². The first-order valence-corrected chi connectivity index (χ1v) is 12.1. The Hall–Kier alpha value is -2.79. The first-order chi connectivity index (χ1) is 15.7. The van der Waals surface area contributed by atoms with Crippen molar-refractivity contribution in [2.24, 2.45) is 5.92 Å². The number of rotatable bonds is 7. The van der Waals surface area contributed by atoms with Crippen LogP contribution in [-0.2, 0) is 19.6 Å². The Morgan fingerprint density at radius 3 is 2.34 bits per heavy atom. The summed E-state index contributed by atoms with van der Waals surface area (Å²) in [5, 5.41) is 10.2. The number of piperidine rings is 1. The van der Waals surface area contributed by atoms with Gasteiger partial charge in [-0.25, -0.2) is 4.79 Å². The van der Waals surface area contributed by atoms with Crippen molar-refractivity contribution >= 4 is 0 Å². The van der Waals surface area contributed by atoms with E-state index in [1.807, 2.05) is 0 Å². The molecule has 5 rings (SSSR count). The summed E-state index contributed by atoms with van der Waals surface area (Å²) in [7, 11) is 0. The van der Waals surface area contributed by atoms with E-state index in [-0.39, 0.29) is 11.6 Å². The summed E-state index contributed by atoms with van der Waals surface area (Å²) in [6, 6.07) is 17.3. The van der Waals surface area contributed by atoms with Crippen LogP contribution in [0.15, 0.2) is 59.5 Å². The van der Waals surface area contributed by atoms with Gasteiger partial charge in [-0.2, -0.15) is 0 Å². The Morgan fingerprint density at radius 1 is 0.844 bits per heavy atom. The second-order valence-corrected chi connectivity index (χ2v) is 9.54. The monoisotopic (exact) mass is 431 g/mol. The molecule has 0 atom stereocenters. The van der Waals surface area contributed by atoms with Crippen molar-refractivity contribution in [3.05, 3.63) is 76.3 Å². The Morgan fingerprint density at radius 2 is 1.62 bits per heavy atom. The van der Waals surface area contributed by atoms with Crippen LogP contribution in [0, 0.1) is 5.92 Å². The summed E-state index contributed by atoms with van der Waals surface area (Å²) in [5.41, 5.74) is 4.72. The van der Waals surface area contributed by atoms with Crippen molar-refractivity contribution in [1.29, 1.82) is 0 Å². The molecule has 0 amide bonds. The van der Waals surface area contributed by atoms with Crippen LogP contribution in [0.25, 0.3) is 11.1 Å². The molecule has 1 aliphatic heterocycles. The molecule has 2 aliphatic rings. The molecular weight excluding hydrogens is 398 g/mol. The third-order valence-electron chi connectivity index (χ3n) is 7.11. The van der Waals surface area contributed by atoms with Gasteiger partial charge in [0.25, 0.3) is 0 Å². The zero-order chi connectivity index (χ0) is 21.9. The third kappa shape index (κ3) is 4.68. The first kappa shape index (κ1) is 21.1. The summed E-state index contributed by atoms with van der Waals surface area (Å²) in [6.07, 6.45) is 9.08. The van der Waals surface area contributed by atoms with Crippen LogP contribution in [0.5, 0.6) is 5.88 Å². The second kappa shape index (κ2) is 9.37. The van der Waals surface area contributed by atoms with Crippen molar-refractivity contribution in [1.82, 2.24) is 14.0 Å². The molecule has 1 saturated carbocycles. The number of benzene rings is 2. The summed E-state index contributed by atoms with van der Waals surface area (Å²) in [5.74, 6) is 0.600. The smallest absolute Gasteiger partial charge is 0.331 e. The van der Waals surface area contributed by atoms with Gasteiger partial charge in [-0.3, -0.25) is 14.0 Å². The number of imidazole rings is 1. The fraction of sp³-hybridized carbons (Fsp3) is 0.444. The van der Waals surface area contributed by atoms with E-state index in [2.05, 4.69) is 53.4 Å². The maximum atomic E-state index is 12.7. The molecule has 5 heteroatoms. The topological polar surface area (TPSA) is 50.4 Å². The standard InChI is InChI=1S/C27H33N3O2/c31-26-20-29(27(32)30(26)19-21-6-4-7-21)18-22-10-12-24(13-11-22)25-9-5-8-23(16-25)17-28-14-2-1-3-15-28/h5,8-13,16,20-21,31H,1-4,6-7,14-15,17-19H2. The lowest BCUT2D eigenvalue weighted by atomic mass is 9.85. The van der Waals surface area contributed by atoms with E-state index in [4.69, 9.17) is 0 Å². The Kier molecular flexibility index (Phi) is 6.17. The van der Waals surface area contributed by atoms with Gasteiger partial charge in [0.15, 0.2) is 0 Å². The van der Waals surface area contributed by atoms with E-state index in [0.29, 0.717) is 19.0 Å². The van der Waals surface area contributed by atoms with Crippen LogP contribution < -0.4 is 5.69 Å². The second-order valence-electron chi connectivity index (χ2n) is 9.54. The largest absolute Gasteiger partial charge is 0.493 e. The Balaban J connectivity index is 1.27. The fourth-order valence-corrected chi connectivity index (χ4v) is 4.96. The molecule has 2 aromatic carbocycles. The van der Waals surface area contributed by atoms with E-state index >= 15 is 0 Å². The normalized spacial score (nSPS) is 17.4. The summed E-state index contributed by atoms with van der Waals surface area (Å²) >= 11 is 0. The summed E-state index contributed by atoms with van der Waals surface area (Å²) < 4.78 is 3.13. The van der Waals surface area contributed by atoms with E-state index in [0.717, 1.165) is 24.9 Å². The highest BCUT2D eigenvalue weighted by atomic mass is 16.3. The first-order valence-electron chi connectivity index (χ1n) is 12.1. The van der Waals surface area contributed by atoms with Gasteiger partial charge in [-0.1, -0.05) is 55.3 Å². The lowest BCUT2D eigenvalue weighted by Gasteiger charge is -2.26. The third-order valence-corrected chi connectivity index (χ3v) is 7.11. The molecule has 1 aromatic heterocycles. The van der Waals surface area contributed by atoms with Gasteiger partial charge in [0, 0.05) is 13.1 Å². The SMILES string of the molecule is O=c1n(Cc2ccc(-c3cccc(CN4CCCCC4)c3)cc2)cc(O)n1CC1CCC1. The highest BCUT2D eigenvalue weighted by Crippen LogP contribution is 2.28. The number of hydrogen-bond donors (Lipinski definition) is 1.